The molecule has 12 amide bonds. The molecule has 3 rings (SSSR count). The normalized spacial score (nSPS) is 25.1. The van der Waals surface area contributed by atoms with Crippen molar-refractivity contribution in [3.05, 3.63) is 12.2 Å². The molecule has 3 fully saturated rings. The molecule has 12 atom stereocenters. The molecular weight excluding hydrogens is 1250 g/mol. The minimum absolute atomic E-state index is 0. The number of carbonyl (C=O) groups is 15. The minimum atomic E-state index is -2.10. The zero-order chi connectivity index (χ0) is 66.8. The number of carboxylic acid groups (broad SMARTS) is 3. The smallest absolute Gasteiger partial charge is 0.481 e. The van der Waals surface area contributed by atoms with Crippen LogP contribution < -0.4 is 64.6 Å². The van der Waals surface area contributed by atoms with Crippen molar-refractivity contribution in [2.75, 3.05) is 32.7 Å². The van der Waals surface area contributed by atoms with E-state index in [1.54, 1.807) is 19.9 Å². The predicted molar refractivity (Wildman–Crippen MR) is 328 cm³/mol. The number of hydrogen-bond acceptors (Lipinski definition) is 17. The summed E-state index contributed by atoms with van der Waals surface area (Å²) in [5.41, 5.74) is 12.1. The number of unbranched alkanes of at least 4 members (excludes halogenated alkanes) is 4. The summed E-state index contributed by atoms with van der Waals surface area (Å²) in [5, 5.41) is 52.8. The van der Waals surface area contributed by atoms with Crippen LogP contribution in [0, 0.1) is 17.8 Å². The molecule has 34 heteroatoms. The molecule has 3 aliphatic heterocycles. The Hall–Kier alpha value is -5.77. The van der Waals surface area contributed by atoms with Crippen LogP contribution in [0.5, 0.6) is 0 Å². The molecule has 0 bridgehead atoms. The monoisotopic (exact) mass is 1340 g/mol. The third-order valence-electron chi connectivity index (χ3n) is 15.3. The Morgan fingerprint density at radius 2 is 1.12 bits per heavy atom. The van der Waals surface area contributed by atoms with Gasteiger partial charge in [-0.25, -0.2) is 0 Å². The Kier molecular flexibility index (Phi) is 38.2. The summed E-state index contributed by atoms with van der Waals surface area (Å²) in [4.78, 5) is 206. The van der Waals surface area contributed by atoms with Crippen LogP contribution in [-0.4, -0.2) is 289 Å². The third-order valence-corrected chi connectivity index (χ3v) is 15.3. The number of carbonyl (C=O) groups excluding carboxylic acids is 12. The first kappa shape index (κ1) is 83.2. The molecule has 91 heavy (non-hydrogen) atoms. The average Bonchev–Trinajstić information content (AvgIpc) is 1.88. The second-order valence-electron chi connectivity index (χ2n) is 23.5. The number of rotatable bonds is 21. The number of hydrogen-bond donors (Lipinski definition) is 15. The van der Waals surface area contributed by atoms with Crippen LogP contribution in [0.3, 0.4) is 0 Å². The standard InChI is InChI=1S/C57H92N14O18.2Ca/c1-29(2)18-13-11-9-8-10-12-14-21-39(72)64-36(26-58)50(81)69-47-33(7)62-51(82)38-20-17-23-71(38)55(86)44(30(3)4)67-54(85)46(32(6)59)66-41(74)28-61-48(79)34(24-42(75)76)63-40(73)27-60-49(80)35(25-43(77)78)65-53(84)45(31(5)57(88)89)68-52(83)37-19-15-16-22-70(37)56(47)87;;/h12,14,29-38,44-47H,8-11,13,15-28,58-59H2,1-7H3,(H,60,80)(H,61,79)(H,62,82)(H,63,73)(H,64,72)(H,65,84)(H,66,74)(H,67,85)(H,68,83)(H,69,81)(H,75,76)(H,77,78)(H,88,89);;/q;2*+2/b14-12+;;. The van der Waals surface area contributed by atoms with Crippen LogP contribution in [-0.2, 0) is 71.9 Å². The van der Waals surface area contributed by atoms with Gasteiger partial charge < -0.3 is 89.8 Å². The third kappa shape index (κ3) is 27.8. The van der Waals surface area contributed by atoms with Crippen LogP contribution >= 0.6 is 0 Å². The van der Waals surface area contributed by atoms with E-state index in [1.807, 2.05) is 11.4 Å². The van der Waals surface area contributed by atoms with Gasteiger partial charge >= 0.3 is 93.4 Å². The number of carboxylic acids is 3. The Morgan fingerprint density at radius 3 is 1.67 bits per heavy atom. The SMILES string of the molecule is CC(C)CCCCCC/C=C/CC(=O)NC(CN)C(=O)NC1C(=O)N2CCCCC2C(=O)NC(C(C)C(=O)O)C(=O)NC(CC(=O)O)C(=O)NCC(=O)NC(CC(=O)O)C(=O)NCC(=O)NC(C(C)N)C(=O)NC(C(C)C)C(=O)N2CCCC2C(=O)NC1C.[Ca+2].[Ca+2]. The molecule has 32 nitrogen and oxygen atoms in total. The quantitative estimate of drug-likeness (QED) is 0.0292. The van der Waals surface area contributed by atoms with E-state index in [0.29, 0.717) is 5.92 Å². The summed E-state index contributed by atoms with van der Waals surface area (Å²) in [6.45, 7) is 8.55. The maximum Gasteiger partial charge on any atom is 2.00 e. The predicted octanol–water partition coefficient (Wildman–Crippen LogP) is -4.68. The average molecular weight is 1340 g/mol. The van der Waals surface area contributed by atoms with Crippen molar-refractivity contribution in [2.24, 2.45) is 29.2 Å². The first-order chi connectivity index (χ1) is 41.9. The fraction of sp³-hybridized carbons (Fsp3) is 0.702. The fourth-order valence-corrected chi connectivity index (χ4v) is 10.2. The van der Waals surface area contributed by atoms with E-state index in [4.69, 9.17) is 11.5 Å². The van der Waals surface area contributed by atoms with Crippen LogP contribution in [0.4, 0.5) is 0 Å². The molecule has 3 aliphatic rings. The molecule has 0 spiro atoms. The van der Waals surface area contributed by atoms with Crippen molar-refractivity contribution in [2.45, 2.75) is 205 Å². The number of nitrogens with two attached hydrogens (primary N) is 2. The summed E-state index contributed by atoms with van der Waals surface area (Å²) in [6, 6.07) is -17.6. The summed E-state index contributed by atoms with van der Waals surface area (Å²) >= 11 is 0. The zero-order valence-electron chi connectivity index (χ0n) is 53.1. The van der Waals surface area contributed by atoms with Crippen molar-refractivity contribution in [3.63, 3.8) is 0 Å². The van der Waals surface area contributed by atoms with Crippen molar-refractivity contribution < 1.29 is 87.2 Å². The number of allylic oxidation sites excluding steroid dienone is 1. The van der Waals surface area contributed by atoms with E-state index in [9.17, 15) is 82.4 Å². The van der Waals surface area contributed by atoms with E-state index in [2.05, 4.69) is 61.7 Å². The van der Waals surface area contributed by atoms with Gasteiger partial charge in [0.05, 0.1) is 37.9 Å². The van der Waals surface area contributed by atoms with Gasteiger partial charge in [0.1, 0.15) is 54.4 Å². The number of nitrogens with zero attached hydrogens (tertiary/aromatic N) is 2. The van der Waals surface area contributed by atoms with Gasteiger partial charge in [-0.3, -0.25) is 71.9 Å². The molecule has 17 N–H and O–H groups in total. The molecule has 0 aromatic heterocycles. The van der Waals surface area contributed by atoms with Gasteiger partial charge in [0, 0.05) is 32.1 Å². The van der Waals surface area contributed by atoms with Gasteiger partial charge in [0.2, 0.25) is 70.9 Å². The van der Waals surface area contributed by atoms with Crippen molar-refractivity contribution in [1.82, 2.24) is 63.0 Å². The van der Waals surface area contributed by atoms with E-state index < -0.39 is 200 Å². The van der Waals surface area contributed by atoms with E-state index in [0.717, 1.165) is 50.3 Å². The molecule has 0 saturated carbocycles. The van der Waals surface area contributed by atoms with E-state index in [1.165, 1.54) is 18.7 Å². The maximum absolute atomic E-state index is 15.2. The van der Waals surface area contributed by atoms with Gasteiger partial charge in [-0.15, -0.1) is 0 Å². The number of amides is 12. The fourth-order valence-electron chi connectivity index (χ4n) is 10.2. The van der Waals surface area contributed by atoms with E-state index in [-0.39, 0.29) is 127 Å². The first-order valence-corrected chi connectivity index (χ1v) is 30.2. The zero-order valence-corrected chi connectivity index (χ0v) is 57.5. The first-order valence-electron chi connectivity index (χ1n) is 30.2. The Bertz CT molecular complexity index is 2610. The van der Waals surface area contributed by atoms with Crippen molar-refractivity contribution in [1.29, 1.82) is 0 Å². The summed E-state index contributed by atoms with van der Waals surface area (Å²) in [6.07, 6.45) is 7.90. The Balaban J connectivity index is 0.0000207. The molecule has 0 aromatic rings. The molecule has 0 aliphatic carbocycles. The molecule has 0 radical (unpaired) electrons. The topological polar surface area (TPSA) is 496 Å². The molecule has 3 heterocycles. The second-order valence-corrected chi connectivity index (χ2v) is 23.5. The number of piperidine rings is 1. The van der Waals surface area contributed by atoms with Gasteiger partial charge in [0.25, 0.3) is 0 Å². The maximum atomic E-state index is 15.2. The van der Waals surface area contributed by atoms with E-state index >= 15 is 4.79 Å². The second kappa shape index (κ2) is 41.7. The van der Waals surface area contributed by atoms with Crippen LogP contribution in [0.15, 0.2) is 12.2 Å². The minimum Gasteiger partial charge on any atom is -0.481 e. The molecule has 0 aromatic carbocycles. The Labute approximate surface area is 588 Å². The van der Waals surface area contributed by atoms with Crippen molar-refractivity contribution >= 4 is 164 Å². The van der Waals surface area contributed by atoms with Crippen molar-refractivity contribution in [3.8, 4) is 0 Å². The summed E-state index contributed by atoms with van der Waals surface area (Å²) < 4.78 is 0. The number of aliphatic carboxylic acids is 3. The molecule has 3 saturated heterocycles. The van der Waals surface area contributed by atoms with Crippen LogP contribution in [0.2, 0.25) is 0 Å². The number of fused-ring (bicyclic) bond motifs is 2. The van der Waals surface area contributed by atoms with Crippen LogP contribution in [0.25, 0.3) is 0 Å². The molecule has 498 valence electrons. The van der Waals surface area contributed by atoms with Gasteiger partial charge in [-0.2, -0.15) is 0 Å². The van der Waals surface area contributed by atoms with Gasteiger partial charge in [-0.1, -0.05) is 65.5 Å². The number of nitrogens with one attached hydrogen (secondary N) is 10. The van der Waals surface area contributed by atoms with Gasteiger partial charge in [0.15, 0.2) is 0 Å². The Morgan fingerprint density at radius 1 is 0.604 bits per heavy atom. The van der Waals surface area contributed by atoms with Gasteiger partial charge in [-0.05, 0) is 77.6 Å². The molecular formula is C57H92Ca2N14O18+4. The molecule has 12 unspecified atom stereocenters. The summed E-state index contributed by atoms with van der Waals surface area (Å²) in [5.74, 6) is -19.4. The largest absolute Gasteiger partial charge is 2.00 e. The van der Waals surface area contributed by atoms with Crippen LogP contribution in [0.1, 0.15) is 138 Å². The summed E-state index contributed by atoms with van der Waals surface area (Å²) in [7, 11) is 0.